The van der Waals surface area contributed by atoms with Gasteiger partial charge in [-0.15, -0.1) is 0 Å². The monoisotopic (exact) mass is 770 g/mol. The molecule has 0 bridgehead atoms. The van der Waals surface area contributed by atoms with E-state index in [2.05, 4.69) is 25.7 Å². The van der Waals surface area contributed by atoms with Gasteiger partial charge in [0.05, 0.1) is 19.5 Å². The first-order valence-corrected chi connectivity index (χ1v) is 20.0. The van der Waals surface area contributed by atoms with Crippen molar-refractivity contribution in [3.05, 3.63) is 36.0 Å². The Balaban J connectivity index is 1.28. The number of alkyl carbamates (subject to hydrolysis) is 1. The maximum atomic E-state index is 14.4. The summed E-state index contributed by atoms with van der Waals surface area (Å²) in [4.78, 5) is 73.3. The number of hydrogen-bond donors (Lipinski definition) is 5. The molecule has 5 N–H and O–H groups in total. The van der Waals surface area contributed by atoms with Crippen LogP contribution in [0.1, 0.15) is 89.0 Å². The van der Waals surface area contributed by atoms with E-state index in [0.29, 0.717) is 48.1 Å². The number of rotatable bonds is 8. The number of carbonyl (C=O) groups excluding carboxylic acids is 5. The molecule has 294 valence electrons. The van der Waals surface area contributed by atoms with Gasteiger partial charge in [-0.3, -0.25) is 23.9 Å². The summed E-state index contributed by atoms with van der Waals surface area (Å²) in [5, 5.41) is 8.52. The van der Waals surface area contributed by atoms with Gasteiger partial charge in [-0.2, -0.15) is 0 Å². The smallest absolute Gasteiger partial charge is 0.408 e. The number of ether oxygens (including phenoxy) is 3. The third-order valence-electron chi connectivity index (χ3n) is 10.3. The maximum Gasteiger partial charge on any atom is 0.408 e. The second-order valence-electron chi connectivity index (χ2n) is 15.6. The molecule has 4 aliphatic rings. The van der Waals surface area contributed by atoms with Gasteiger partial charge in [-0.25, -0.2) is 13.2 Å². The topological polar surface area (TPSA) is 214 Å². The van der Waals surface area contributed by atoms with E-state index in [-0.39, 0.29) is 31.5 Å². The summed E-state index contributed by atoms with van der Waals surface area (Å²) >= 11 is 0. The predicted octanol–water partition coefficient (Wildman–Crippen LogP) is 2.78. The molecular weight excluding hydrogens is 721 g/mol. The summed E-state index contributed by atoms with van der Waals surface area (Å²) in [6.07, 6.45) is 7.11. The van der Waals surface area contributed by atoms with Gasteiger partial charge in [-0.1, -0.05) is 25.0 Å². The van der Waals surface area contributed by atoms with Gasteiger partial charge in [-0.05, 0) is 77.8 Å². The largest absolute Gasteiger partial charge is 0.493 e. The van der Waals surface area contributed by atoms with Crippen LogP contribution < -0.4 is 30.1 Å². The van der Waals surface area contributed by atoms with Crippen molar-refractivity contribution in [2.45, 2.75) is 113 Å². The molecular formula is C37H50N6O10S. The Labute approximate surface area is 314 Å². The number of methoxy groups -OCH3 is 2. The highest BCUT2D eigenvalue weighted by atomic mass is 32.2. The molecule has 6 rings (SSSR count). The third kappa shape index (κ3) is 8.61. The van der Waals surface area contributed by atoms with Gasteiger partial charge in [0, 0.05) is 35.5 Å². The van der Waals surface area contributed by atoms with Gasteiger partial charge in [0.2, 0.25) is 21.8 Å². The zero-order valence-electron chi connectivity index (χ0n) is 31.3. The fraction of sp³-hybridized carbons (Fsp3) is 0.595. The number of carbonyl (C=O) groups is 5. The second kappa shape index (κ2) is 15.1. The number of benzene rings is 1. The first-order chi connectivity index (χ1) is 25.5. The summed E-state index contributed by atoms with van der Waals surface area (Å²) in [7, 11) is -0.894. The number of nitrogens with one attached hydrogen (secondary N) is 5. The second-order valence-corrected chi connectivity index (χ2v) is 17.6. The lowest BCUT2D eigenvalue weighted by atomic mass is 10.0. The van der Waals surface area contributed by atoms with Crippen molar-refractivity contribution in [1.82, 2.24) is 30.6 Å². The van der Waals surface area contributed by atoms with Crippen molar-refractivity contribution in [3.63, 3.8) is 0 Å². The molecule has 0 unspecified atom stereocenters. The number of amides is 5. The highest BCUT2D eigenvalue weighted by molar-refractivity contribution is 7.91. The Morgan fingerprint density at radius 2 is 1.69 bits per heavy atom. The molecule has 1 saturated heterocycles. The quantitative estimate of drug-likeness (QED) is 0.248. The molecule has 17 heteroatoms. The average molecular weight is 771 g/mol. The number of nitrogens with zero attached hydrogens (tertiary/aromatic N) is 1. The van der Waals surface area contributed by atoms with Crippen molar-refractivity contribution in [3.8, 4) is 11.5 Å². The Morgan fingerprint density at radius 3 is 2.37 bits per heavy atom. The Bertz CT molecular complexity index is 1910. The molecule has 5 amide bonds. The fourth-order valence-electron chi connectivity index (χ4n) is 7.20. The van der Waals surface area contributed by atoms with E-state index < -0.39 is 80.2 Å². The van der Waals surface area contributed by atoms with Crippen LogP contribution in [0.3, 0.4) is 0 Å². The number of sulfonamides is 1. The van der Waals surface area contributed by atoms with Crippen LogP contribution in [0, 0.1) is 5.92 Å². The average Bonchev–Trinajstić information content (AvgIpc) is 3.99. The van der Waals surface area contributed by atoms with E-state index in [9.17, 15) is 32.4 Å². The van der Waals surface area contributed by atoms with Gasteiger partial charge in [0.1, 0.15) is 28.9 Å². The van der Waals surface area contributed by atoms with Crippen LogP contribution in [0.4, 0.5) is 4.79 Å². The normalized spacial score (nSPS) is 26.9. The third-order valence-corrected chi connectivity index (χ3v) is 12.1. The minimum atomic E-state index is -3.91. The maximum absolute atomic E-state index is 14.4. The van der Waals surface area contributed by atoms with Crippen LogP contribution in [0.2, 0.25) is 0 Å². The van der Waals surface area contributed by atoms with Crippen LogP contribution in [-0.4, -0.2) is 103 Å². The lowest BCUT2D eigenvalue weighted by Gasteiger charge is -2.30. The molecule has 3 fully saturated rings. The number of hydrogen-bond acceptors (Lipinski definition) is 10. The molecule has 2 aromatic rings. The summed E-state index contributed by atoms with van der Waals surface area (Å²) in [6.45, 7) is 5.05. The number of H-pyrrole nitrogens is 1. The molecule has 0 radical (unpaired) electrons. The van der Waals surface area contributed by atoms with Crippen LogP contribution in [0.15, 0.2) is 30.4 Å². The molecule has 2 saturated carbocycles. The van der Waals surface area contributed by atoms with Gasteiger partial charge in [0.25, 0.3) is 11.8 Å². The van der Waals surface area contributed by atoms with Crippen molar-refractivity contribution >= 4 is 50.6 Å². The zero-order valence-corrected chi connectivity index (χ0v) is 32.1. The van der Waals surface area contributed by atoms with E-state index in [1.54, 1.807) is 39.0 Å². The molecule has 54 heavy (non-hydrogen) atoms. The Hall–Kier alpha value is -4.80. The summed E-state index contributed by atoms with van der Waals surface area (Å²) in [6, 6.07) is 2.18. The Kier molecular flexibility index (Phi) is 10.9. The first-order valence-electron chi connectivity index (χ1n) is 18.4. The molecule has 2 aliphatic carbocycles. The molecule has 0 spiro atoms. The predicted molar refractivity (Wildman–Crippen MR) is 197 cm³/mol. The minimum Gasteiger partial charge on any atom is -0.493 e. The van der Waals surface area contributed by atoms with E-state index in [4.69, 9.17) is 14.2 Å². The number of aromatic amines is 1. The SMILES string of the molecule is COc1cc2cc(C(=O)N[C@@H]3C[C@H]4C(=O)N[C@]5(C(=O)NS(=O)(=O)C6CC6)C[C@H]5/C=C\CCCCC[C@H](NC(=O)OC(C)(C)C)C(=O)N4C3)[nH]c2cc1OC. The van der Waals surface area contributed by atoms with E-state index in [0.717, 1.165) is 12.8 Å². The fourth-order valence-corrected chi connectivity index (χ4v) is 8.56. The van der Waals surface area contributed by atoms with Crippen molar-refractivity contribution in [2.24, 2.45) is 5.92 Å². The summed E-state index contributed by atoms with van der Waals surface area (Å²) in [5.74, 6) is -2.02. The van der Waals surface area contributed by atoms with Gasteiger partial charge < -0.3 is 40.0 Å². The highest BCUT2D eigenvalue weighted by Gasteiger charge is 2.62. The van der Waals surface area contributed by atoms with Crippen molar-refractivity contribution in [2.75, 3.05) is 20.8 Å². The van der Waals surface area contributed by atoms with Gasteiger partial charge >= 0.3 is 6.09 Å². The van der Waals surface area contributed by atoms with Crippen LogP contribution in [0.5, 0.6) is 11.5 Å². The van der Waals surface area contributed by atoms with E-state index >= 15 is 0 Å². The summed E-state index contributed by atoms with van der Waals surface area (Å²) in [5.41, 5.74) is -1.51. The molecule has 1 aromatic carbocycles. The molecule has 5 atom stereocenters. The van der Waals surface area contributed by atoms with Crippen molar-refractivity contribution in [1.29, 1.82) is 0 Å². The summed E-state index contributed by atoms with van der Waals surface area (Å²) < 4.78 is 44.0. The standard InChI is InChI=1S/C37H50N6O10S/c1-36(2,3)53-35(48)40-25-12-10-8-6-7-9-11-22-19-37(22,34(47)42-54(49,50)24-13-14-24)41-32(45)28-17-23(20-43(28)33(25)46)38-31(44)27-15-21-16-29(51-4)30(52-5)18-26(21)39-27/h9,11,15-16,18,22-25,28,39H,6-8,10,12-14,17,19-20H2,1-5H3,(H,38,44)(H,40,48)(H,41,45)(H,42,47)/b11-9-/t22-,23-,25+,28+,37-/m1/s1. The molecule has 3 heterocycles. The van der Waals surface area contributed by atoms with Crippen molar-refractivity contribution < 1.29 is 46.6 Å². The zero-order chi connectivity index (χ0) is 39.0. The van der Waals surface area contributed by atoms with Crippen LogP contribution >= 0.6 is 0 Å². The molecule has 1 aromatic heterocycles. The Morgan fingerprint density at radius 1 is 0.963 bits per heavy atom. The number of allylic oxidation sites excluding steroid dienone is 1. The molecule has 2 aliphatic heterocycles. The minimum absolute atomic E-state index is 0.0110. The number of aromatic nitrogens is 1. The van der Waals surface area contributed by atoms with Gasteiger partial charge in [0.15, 0.2) is 11.5 Å². The molecule has 16 nitrogen and oxygen atoms in total. The van der Waals surface area contributed by atoms with Crippen LogP contribution in [0.25, 0.3) is 10.9 Å². The van der Waals surface area contributed by atoms with E-state index in [1.807, 2.05) is 12.2 Å². The highest BCUT2D eigenvalue weighted by Crippen LogP contribution is 2.46. The lowest BCUT2D eigenvalue weighted by molar-refractivity contribution is -0.141. The lowest BCUT2D eigenvalue weighted by Crippen LogP contribution is -2.58. The van der Waals surface area contributed by atoms with E-state index in [1.165, 1.54) is 19.1 Å². The van der Waals surface area contributed by atoms with Crippen LogP contribution in [-0.2, 0) is 29.1 Å². The number of fused-ring (bicyclic) bond motifs is 3. The first kappa shape index (κ1) is 38.9.